The van der Waals surface area contributed by atoms with Crippen LogP contribution in [-0.4, -0.2) is 42.6 Å². The molecule has 3 aromatic rings. The molecular formula is C30H24N2O5. The van der Waals surface area contributed by atoms with Crippen molar-refractivity contribution >= 4 is 40.8 Å². The van der Waals surface area contributed by atoms with Gasteiger partial charge >= 0.3 is 0 Å². The monoisotopic (exact) mass is 492 g/mol. The van der Waals surface area contributed by atoms with Crippen molar-refractivity contribution in [1.82, 2.24) is 0 Å². The van der Waals surface area contributed by atoms with Crippen LogP contribution in [0, 0.1) is 11.8 Å². The summed E-state index contributed by atoms with van der Waals surface area (Å²) in [6.45, 7) is 1.46. The van der Waals surface area contributed by atoms with Gasteiger partial charge in [-0.1, -0.05) is 30.4 Å². The molecule has 3 aliphatic rings. The van der Waals surface area contributed by atoms with E-state index in [4.69, 9.17) is 4.74 Å². The number of ether oxygens (including phenoxy) is 1. The number of methoxy groups -OCH3 is 1. The van der Waals surface area contributed by atoms with Crippen molar-refractivity contribution in [3.8, 4) is 5.75 Å². The highest BCUT2D eigenvalue weighted by molar-refractivity contribution is 6.25. The largest absolute Gasteiger partial charge is 0.497 e. The number of amides is 2. The predicted molar refractivity (Wildman–Crippen MR) is 139 cm³/mol. The first-order valence-corrected chi connectivity index (χ1v) is 12.1. The lowest BCUT2D eigenvalue weighted by atomic mass is 9.86. The Labute approximate surface area is 213 Å². The molecule has 184 valence electrons. The van der Waals surface area contributed by atoms with E-state index in [1.807, 2.05) is 41.3 Å². The number of Topliss-reactive ketones (excluding diaryl/α,β-unsaturated/α-hetero) is 2. The van der Waals surface area contributed by atoms with Gasteiger partial charge in [0.1, 0.15) is 11.8 Å². The summed E-state index contributed by atoms with van der Waals surface area (Å²) in [7, 11) is 1.56. The molecule has 4 unspecified atom stereocenters. The average molecular weight is 493 g/mol. The number of imide groups is 1. The molecule has 3 heterocycles. The van der Waals surface area contributed by atoms with Crippen LogP contribution in [0.2, 0.25) is 0 Å². The fourth-order valence-corrected chi connectivity index (χ4v) is 5.84. The summed E-state index contributed by atoms with van der Waals surface area (Å²) in [5, 5.41) is 0. The number of ketones is 2. The number of carbonyl (C=O) groups is 4. The second-order valence-electron chi connectivity index (χ2n) is 9.52. The molecule has 0 spiro atoms. The Hall–Kier alpha value is -4.52. The fourth-order valence-electron chi connectivity index (χ4n) is 5.84. The Kier molecular flexibility index (Phi) is 5.30. The van der Waals surface area contributed by atoms with Gasteiger partial charge in [0.15, 0.2) is 11.6 Å². The Bertz CT molecular complexity index is 1470. The first-order valence-electron chi connectivity index (χ1n) is 12.1. The molecule has 0 saturated carbocycles. The number of hydrogen-bond acceptors (Lipinski definition) is 6. The molecule has 0 N–H and O–H groups in total. The van der Waals surface area contributed by atoms with E-state index < -0.39 is 29.8 Å². The van der Waals surface area contributed by atoms with Crippen LogP contribution in [0.15, 0.2) is 78.9 Å². The van der Waals surface area contributed by atoms with Gasteiger partial charge in [0.2, 0.25) is 11.8 Å². The molecule has 3 aliphatic heterocycles. The standard InChI is InChI=1S/C30H24N2O5/c1-17(33)18-7-12-21(13-8-18)31-29(35)25-24-16-11-19-5-3-4-6-23(19)32(24)27(26(25)30(31)36)28(34)20-9-14-22(37-2)15-10-20/h3-16,24-27H,1-2H3. The lowest BCUT2D eigenvalue weighted by molar-refractivity contribution is -0.122. The minimum atomic E-state index is -0.854. The Morgan fingerprint density at radius 2 is 1.46 bits per heavy atom. The number of rotatable bonds is 5. The molecule has 7 heteroatoms. The van der Waals surface area contributed by atoms with Crippen LogP contribution in [-0.2, 0) is 9.59 Å². The lowest BCUT2D eigenvalue weighted by Gasteiger charge is -2.36. The van der Waals surface area contributed by atoms with Gasteiger partial charge in [-0.15, -0.1) is 0 Å². The molecule has 37 heavy (non-hydrogen) atoms. The summed E-state index contributed by atoms with van der Waals surface area (Å²) in [5.74, 6) is -2.01. The zero-order chi connectivity index (χ0) is 25.8. The first-order chi connectivity index (χ1) is 17.9. The van der Waals surface area contributed by atoms with E-state index in [2.05, 4.69) is 0 Å². The van der Waals surface area contributed by atoms with Gasteiger partial charge in [0, 0.05) is 16.8 Å². The number of fused-ring (bicyclic) bond motifs is 5. The molecule has 2 fully saturated rings. The highest BCUT2D eigenvalue weighted by Gasteiger charge is 2.64. The second-order valence-corrected chi connectivity index (χ2v) is 9.52. The fraction of sp³-hybridized carbons (Fsp3) is 0.200. The van der Waals surface area contributed by atoms with Crippen molar-refractivity contribution in [3.05, 3.63) is 95.6 Å². The minimum absolute atomic E-state index is 0.103. The Morgan fingerprint density at radius 1 is 0.811 bits per heavy atom. The van der Waals surface area contributed by atoms with Crippen LogP contribution in [0.4, 0.5) is 11.4 Å². The van der Waals surface area contributed by atoms with Crippen molar-refractivity contribution < 1.29 is 23.9 Å². The number of anilines is 2. The van der Waals surface area contributed by atoms with Gasteiger partial charge in [0.25, 0.3) is 0 Å². The molecule has 3 aromatic carbocycles. The smallest absolute Gasteiger partial charge is 0.240 e. The van der Waals surface area contributed by atoms with Crippen molar-refractivity contribution in [2.45, 2.75) is 19.0 Å². The molecule has 0 bridgehead atoms. The van der Waals surface area contributed by atoms with Gasteiger partial charge in [-0.3, -0.25) is 19.2 Å². The van der Waals surface area contributed by atoms with E-state index in [9.17, 15) is 19.2 Å². The van der Waals surface area contributed by atoms with E-state index in [0.29, 0.717) is 22.6 Å². The number of hydrogen-bond donors (Lipinski definition) is 0. The maximum Gasteiger partial charge on any atom is 0.240 e. The second kappa shape index (κ2) is 8.55. The van der Waals surface area contributed by atoms with Crippen LogP contribution < -0.4 is 14.5 Å². The molecule has 6 rings (SSSR count). The van der Waals surface area contributed by atoms with Gasteiger partial charge in [-0.2, -0.15) is 0 Å². The summed E-state index contributed by atoms with van der Waals surface area (Å²) in [6.07, 6.45) is 3.88. The maximum absolute atomic E-state index is 14.0. The van der Waals surface area contributed by atoms with E-state index in [1.165, 1.54) is 11.8 Å². The van der Waals surface area contributed by atoms with Crippen molar-refractivity contribution in [3.63, 3.8) is 0 Å². The van der Waals surface area contributed by atoms with Gasteiger partial charge < -0.3 is 9.64 Å². The summed E-state index contributed by atoms with van der Waals surface area (Å²) in [6, 6.07) is 19.6. The van der Waals surface area contributed by atoms with E-state index in [-0.39, 0.29) is 17.5 Å². The number of nitrogens with zero attached hydrogens (tertiary/aromatic N) is 2. The summed E-state index contributed by atoms with van der Waals surface area (Å²) < 4.78 is 5.24. The van der Waals surface area contributed by atoms with E-state index >= 15 is 0 Å². The topological polar surface area (TPSA) is 84.0 Å². The normalized spacial score (nSPS) is 23.5. The van der Waals surface area contributed by atoms with Gasteiger partial charge in [0.05, 0.1) is 30.7 Å². The number of para-hydroxylation sites is 1. The van der Waals surface area contributed by atoms with Crippen LogP contribution >= 0.6 is 0 Å². The third kappa shape index (κ3) is 3.42. The number of benzene rings is 3. The molecule has 2 amide bonds. The average Bonchev–Trinajstić information content (AvgIpc) is 3.41. The van der Waals surface area contributed by atoms with Crippen molar-refractivity contribution in [2.75, 3.05) is 16.9 Å². The first kappa shape index (κ1) is 22.9. The van der Waals surface area contributed by atoms with Crippen LogP contribution in [0.1, 0.15) is 33.2 Å². The van der Waals surface area contributed by atoms with Crippen LogP contribution in [0.5, 0.6) is 5.75 Å². The van der Waals surface area contributed by atoms with E-state index in [1.54, 1.807) is 55.6 Å². The minimum Gasteiger partial charge on any atom is -0.497 e. The SMILES string of the molecule is COc1ccc(C(=O)C2C3C(=O)N(c4ccc(C(C)=O)cc4)C(=O)C3C3C=Cc4ccccc4N32)cc1. The van der Waals surface area contributed by atoms with Crippen LogP contribution in [0.3, 0.4) is 0 Å². The summed E-state index contributed by atoms with van der Waals surface area (Å²) >= 11 is 0. The highest BCUT2D eigenvalue weighted by Crippen LogP contribution is 2.49. The third-order valence-corrected chi connectivity index (χ3v) is 7.59. The Balaban J connectivity index is 1.45. The van der Waals surface area contributed by atoms with Gasteiger partial charge in [-0.25, -0.2) is 4.90 Å². The quantitative estimate of drug-likeness (QED) is 0.393. The zero-order valence-electron chi connectivity index (χ0n) is 20.3. The molecule has 4 atom stereocenters. The third-order valence-electron chi connectivity index (χ3n) is 7.59. The van der Waals surface area contributed by atoms with Crippen molar-refractivity contribution in [1.29, 1.82) is 0 Å². The predicted octanol–water partition coefficient (Wildman–Crippen LogP) is 4.17. The zero-order valence-corrected chi connectivity index (χ0v) is 20.3. The summed E-state index contributed by atoms with van der Waals surface area (Å²) in [4.78, 5) is 56.6. The maximum atomic E-state index is 14.0. The molecule has 7 nitrogen and oxygen atoms in total. The van der Waals surface area contributed by atoms with E-state index in [0.717, 1.165) is 11.3 Å². The summed E-state index contributed by atoms with van der Waals surface area (Å²) in [5.41, 5.74) is 3.10. The molecule has 0 aliphatic carbocycles. The van der Waals surface area contributed by atoms with Crippen molar-refractivity contribution in [2.24, 2.45) is 11.8 Å². The van der Waals surface area contributed by atoms with Crippen LogP contribution in [0.25, 0.3) is 6.08 Å². The molecule has 0 aromatic heterocycles. The molecule has 0 radical (unpaired) electrons. The van der Waals surface area contributed by atoms with Gasteiger partial charge in [-0.05, 0) is 67.1 Å². The molecule has 2 saturated heterocycles. The lowest BCUT2D eigenvalue weighted by Crippen LogP contribution is -2.48. The molecular weight excluding hydrogens is 468 g/mol. The Morgan fingerprint density at radius 3 is 2.14 bits per heavy atom. The highest BCUT2D eigenvalue weighted by atomic mass is 16.5. The number of carbonyl (C=O) groups excluding carboxylic acids is 4.